The van der Waals surface area contributed by atoms with Gasteiger partial charge in [0.2, 0.25) is 17.7 Å². The van der Waals surface area contributed by atoms with Crippen molar-refractivity contribution in [3.8, 4) is 0 Å². The number of benzene rings is 1. The predicted molar refractivity (Wildman–Crippen MR) is 121 cm³/mol. The molecule has 0 spiro atoms. The van der Waals surface area contributed by atoms with E-state index in [2.05, 4.69) is 33.6 Å². The van der Waals surface area contributed by atoms with Crippen molar-refractivity contribution in [2.24, 2.45) is 5.73 Å². The highest BCUT2D eigenvalue weighted by Crippen LogP contribution is 2.18. The summed E-state index contributed by atoms with van der Waals surface area (Å²) in [6, 6.07) is 3.58. The number of aromatic nitrogens is 1. The fourth-order valence-electron chi connectivity index (χ4n) is 3.05. The maximum Gasteiger partial charge on any atom is 0.322 e. The summed E-state index contributed by atoms with van der Waals surface area (Å²) >= 11 is 3.94. The molecule has 13 heteroatoms. The predicted octanol–water partition coefficient (Wildman–Crippen LogP) is -1.39. The molecule has 0 aliphatic heterocycles. The topological polar surface area (TPSA) is 204 Å². The highest BCUT2D eigenvalue weighted by atomic mass is 32.1. The van der Waals surface area contributed by atoms with Crippen molar-refractivity contribution in [1.82, 2.24) is 20.9 Å². The average molecular weight is 480 g/mol. The van der Waals surface area contributed by atoms with Gasteiger partial charge >= 0.3 is 11.9 Å². The second kappa shape index (κ2) is 11.9. The van der Waals surface area contributed by atoms with Crippen molar-refractivity contribution in [3.63, 3.8) is 0 Å². The third-order valence-electron chi connectivity index (χ3n) is 4.69. The first-order chi connectivity index (χ1) is 15.6. The van der Waals surface area contributed by atoms with Gasteiger partial charge in [-0.15, -0.1) is 0 Å². The van der Waals surface area contributed by atoms with Crippen LogP contribution in [0.4, 0.5) is 0 Å². The van der Waals surface area contributed by atoms with Crippen molar-refractivity contribution in [2.75, 3.05) is 12.3 Å². The largest absolute Gasteiger partial charge is 0.481 e. The summed E-state index contributed by atoms with van der Waals surface area (Å²) in [5, 5.41) is 25.3. The number of carboxylic acid groups (broad SMARTS) is 2. The first-order valence-electron chi connectivity index (χ1n) is 9.85. The first-order valence-corrected chi connectivity index (χ1v) is 10.5. The SMILES string of the molecule is NC(Cc1c[nH]c2ccccc12)C(=O)NC(CC(=O)O)C(=O)NC(CS)C(=O)NCC(=O)O. The lowest BCUT2D eigenvalue weighted by Gasteiger charge is -2.22. The van der Waals surface area contributed by atoms with Crippen LogP contribution in [0.15, 0.2) is 30.5 Å². The number of hydrogen-bond donors (Lipinski definition) is 8. The molecule has 8 N–H and O–H groups in total. The molecule has 0 aliphatic rings. The third-order valence-corrected chi connectivity index (χ3v) is 5.06. The number of carboxylic acids is 2. The van der Waals surface area contributed by atoms with E-state index in [0.717, 1.165) is 16.5 Å². The average Bonchev–Trinajstić information content (AvgIpc) is 3.17. The second-order valence-corrected chi connectivity index (χ2v) is 7.55. The van der Waals surface area contributed by atoms with Crippen LogP contribution in [-0.2, 0) is 30.4 Å². The van der Waals surface area contributed by atoms with Gasteiger partial charge in [-0.1, -0.05) is 18.2 Å². The molecule has 12 nitrogen and oxygen atoms in total. The minimum absolute atomic E-state index is 0.133. The van der Waals surface area contributed by atoms with Gasteiger partial charge in [0.1, 0.15) is 18.6 Å². The lowest BCUT2D eigenvalue weighted by atomic mass is 10.0. The Hall–Kier alpha value is -3.58. The number of aromatic amines is 1. The summed E-state index contributed by atoms with van der Waals surface area (Å²) in [5.74, 6) is -5.36. The highest BCUT2D eigenvalue weighted by molar-refractivity contribution is 7.80. The van der Waals surface area contributed by atoms with Crippen LogP contribution >= 0.6 is 12.6 Å². The number of carbonyl (C=O) groups excluding carboxylic acids is 3. The molecule has 0 saturated carbocycles. The van der Waals surface area contributed by atoms with Crippen LogP contribution in [0, 0.1) is 0 Å². The third kappa shape index (κ3) is 7.50. The van der Waals surface area contributed by atoms with Crippen molar-refractivity contribution in [2.45, 2.75) is 31.0 Å². The summed E-state index contributed by atoms with van der Waals surface area (Å²) in [4.78, 5) is 62.0. The van der Waals surface area contributed by atoms with E-state index in [1.807, 2.05) is 24.3 Å². The Morgan fingerprint density at radius 2 is 1.64 bits per heavy atom. The van der Waals surface area contributed by atoms with Gasteiger partial charge in [0.25, 0.3) is 0 Å². The summed E-state index contributed by atoms with van der Waals surface area (Å²) < 4.78 is 0. The monoisotopic (exact) mass is 479 g/mol. The van der Waals surface area contributed by atoms with E-state index in [1.54, 1.807) is 6.20 Å². The quantitative estimate of drug-likeness (QED) is 0.170. The molecule has 1 aromatic carbocycles. The molecule has 3 atom stereocenters. The standard InChI is InChI=1S/C20H25N5O7S/c21-12(5-10-7-22-13-4-2-1-3-11(10)13)18(30)24-14(6-16(26)27)20(32)25-15(9-33)19(31)23-8-17(28)29/h1-4,7,12,14-15,22,33H,5-6,8-9,21H2,(H,23,31)(H,24,30)(H,25,32)(H,26,27)(H,28,29). The molecular formula is C20H25N5O7S. The van der Waals surface area contributed by atoms with E-state index >= 15 is 0 Å². The molecule has 0 fully saturated rings. The number of para-hydroxylation sites is 1. The Bertz CT molecular complexity index is 1040. The van der Waals surface area contributed by atoms with Crippen molar-refractivity contribution in [1.29, 1.82) is 0 Å². The van der Waals surface area contributed by atoms with E-state index in [1.165, 1.54) is 0 Å². The van der Waals surface area contributed by atoms with Crippen LogP contribution < -0.4 is 21.7 Å². The number of nitrogens with two attached hydrogens (primary N) is 1. The van der Waals surface area contributed by atoms with Gasteiger partial charge < -0.3 is 36.9 Å². The van der Waals surface area contributed by atoms with Gasteiger partial charge in [-0.3, -0.25) is 24.0 Å². The van der Waals surface area contributed by atoms with Crippen LogP contribution in [0.1, 0.15) is 12.0 Å². The fourth-order valence-corrected chi connectivity index (χ4v) is 3.30. The zero-order chi connectivity index (χ0) is 24.5. The van der Waals surface area contributed by atoms with Crippen molar-refractivity contribution < 1.29 is 34.2 Å². The zero-order valence-electron chi connectivity index (χ0n) is 17.4. The Labute approximate surface area is 193 Å². The minimum Gasteiger partial charge on any atom is -0.481 e. The molecule has 0 saturated heterocycles. The molecule has 0 aliphatic carbocycles. The molecule has 1 aromatic heterocycles. The minimum atomic E-state index is -1.52. The Kier molecular flexibility index (Phi) is 9.24. The van der Waals surface area contributed by atoms with Crippen molar-refractivity contribution in [3.05, 3.63) is 36.0 Å². The molecule has 2 aromatic rings. The van der Waals surface area contributed by atoms with Crippen LogP contribution in [0.25, 0.3) is 10.9 Å². The maximum atomic E-state index is 12.6. The fraction of sp³-hybridized carbons (Fsp3) is 0.350. The molecule has 178 valence electrons. The van der Waals surface area contributed by atoms with Crippen molar-refractivity contribution >= 4 is 53.2 Å². The Balaban J connectivity index is 2.04. The normalized spacial score (nSPS) is 13.5. The summed E-state index contributed by atoms with van der Waals surface area (Å²) in [5.41, 5.74) is 7.62. The first kappa shape index (κ1) is 25.7. The highest BCUT2D eigenvalue weighted by Gasteiger charge is 2.29. The molecule has 0 radical (unpaired) electrons. The number of hydrogen-bond acceptors (Lipinski definition) is 7. The lowest BCUT2D eigenvalue weighted by Crippen LogP contribution is -2.57. The van der Waals surface area contributed by atoms with E-state index in [-0.39, 0.29) is 12.2 Å². The summed E-state index contributed by atoms with van der Waals surface area (Å²) in [6.07, 6.45) is 1.09. The van der Waals surface area contributed by atoms with Crippen LogP contribution in [0.3, 0.4) is 0 Å². The number of amides is 3. The van der Waals surface area contributed by atoms with E-state index in [4.69, 9.17) is 15.9 Å². The van der Waals surface area contributed by atoms with Gasteiger partial charge in [-0.05, 0) is 18.1 Å². The van der Waals surface area contributed by atoms with Gasteiger partial charge in [0.15, 0.2) is 0 Å². The summed E-state index contributed by atoms with van der Waals surface area (Å²) in [7, 11) is 0. The molecule has 1 heterocycles. The molecule has 33 heavy (non-hydrogen) atoms. The number of fused-ring (bicyclic) bond motifs is 1. The number of H-pyrrole nitrogens is 1. The van der Waals surface area contributed by atoms with Crippen LogP contribution in [0.5, 0.6) is 0 Å². The number of nitrogens with one attached hydrogen (secondary N) is 4. The van der Waals surface area contributed by atoms with Gasteiger partial charge in [-0.25, -0.2) is 0 Å². The second-order valence-electron chi connectivity index (χ2n) is 7.18. The number of carbonyl (C=O) groups is 5. The maximum absolute atomic E-state index is 12.6. The van der Waals surface area contributed by atoms with Gasteiger partial charge in [0, 0.05) is 22.9 Å². The lowest BCUT2D eigenvalue weighted by molar-refractivity contribution is -0.141. The van der Waals surface area contributed by atoms with E-state index < -0.39 is 60.8 Å². The van der Waals surface area contributed by atoms with Crippen LogP contribution in [-0.4, -0.2) is 75.3 Å². The van der Waals surface area contributed by atoms with Gasteiger partial charge in [-0.2, -0.15) is 12.6 Å². The molecular weight excluding hydrogens is 454 g/mol. The summed E-state index contributed by atoms with van der Waals surface area (Å²) in [6.45, 7) is -0.670. The van der Waals surface area contributed by atoms with E-state index in [9.17, 15) is 24.0 Å². The number of aliphatic carboxylic acids is 2. The van der Waals surface area contributed by atoms with E-state index in [0.29, 0.717) is 0 Å². The van der Waals surface area contributed by atoms with Gasteiger partial charge in [0.05, 0.1) is 12.5 Å². The molecule has 3 unspecified atom stereocenters. The Morgan fingerprint density at radius 3 is 2.27 bits per heavy atom. The number of rotatable bonds is 12. The number of thiol groups is 1. The van der Waals surface area contributed by atoms with Crippen LogP contribution in [0.2, 0.25) is 0 Å². The smallest absolute Gasteiger partial charge is 0.322 e. The molecule has 2 rings (SSSR count). The zero-order valence-corrected chi connectivity index (χ0v) is 18.3. The Morgan fingerprint density at radius 1 is 0.970 bits per heavy atom. The molecule has 0 bridgehead atoms. The molecule has 3 amide bonds.